The topological polar surface area (TPSA) is 43.4 Å². The zero-order valence-corrected chi connectivity index (χ0v) is 15.6. The van der Waals surface area contributed by atoms with Crippen LogP contribution >= 0.6 is 0 Å². The van der Waals surface area contributed by atoms with Crippen LogP contribution in [0.25, 0.3) is 17.2 Å². The van der Waals surface area contributed by atoms with E-state index in [0.717, 1.165) is 39.8 Å². The molecule has 0 amide bonds. The summed E-state index contributed by atoms with van der Waals surface area (Å²) in [5.74, 6) is -0.0464. The molecule has 0 radical (unpaired) electrons. The van der Waals surface area contributed by atoms with Crippen molar-refractivity contribution in [3.63, 3.8) is 0 Å². The number of carbonyl (C=O) groups excluding carboxylic acids is 2. The Morgan fingerprint density at radius 1 is 1.19 bits per heavy atom. The molecule has 0 spiro atoms. The van der Waals surface area contributed by atoms with Crippen LogP contribution < -0.4 is 0 Å². The van der Waals surface area contributed by atoms with Gasteiger partial charge in [-0.3, -0.25) is 9.59 Å². The van der Waals surface area contributed by atoms with Crippen LogP contribution in [0.3, 0.4) is 0 Å². The number of Topliss-reactive ketones (excluding diaryl/α,β-unsaturated/α-hetero) is 1. The highest BCUT2D eigenvalue weighted by Gasteiger charge is 2.33. The number of carbonyl (C=O) groups is 2. The van der Waals surface area contributed by atoms with Gasteiger partial charge in [0.05, 0.1) is 13.5 Å². The summed E-state index contributed by atoms with van der Waals surface area (Å²) in [4.78, 5) is 23.9. The normalized spacial score (nSPS) is 15.3. The molecular formula is C23H24O3. The standard InChI is InChI=1S/C23H24O3/c1-5-16-13-18(14-19-22(16)20(24)10-11-23(19,2)3)17-8-6-15(7-9-17)12-21(25)26-4/h5-9,13-14H,1,10-12H2,2-4H3. The van der Waals surface area contributed by atoms with Crippen molar-refractivity contribution >= 4 is 17.8 Å². The van der Waals surface area contributed by atoms with E-state index in [1.165, 1.54) is 7.11 Å². The van der Waals surface area contributed by atoms with Crippen molar-refractivity contribution in [2.75, 3.05) is 7.11 Å². The molecule has 0 saturated heterocycles. The van der Waals surface area contributed by atoms with Gasteiger partial charge in [-0.05, 0) is 51.8 Å². The number of hydrogen-bond acceptors (Lipinski definition) is 3. The molecule has 0 saturated carbocycles. The van der Waals surface area contributed by atoms with Crippen molar-refractivity contribution in [2.24, 2.45) is 0 Å². The van der Waals surface area contributed by atoms with Crippen molar-refractivity contribution in [1.29, 1.82) is 0 Å². The van der Waals surface area contributed by atoms with Crippen molar-refractivity contribution in [1.82, 2.24) is 0 Å². The van der Waals surface area contributed by atoms with Crippen molar-refractivity contribution < 1.29 is 14.3 Å². The average molecular weight is 348 g/mol. The Morgan fingerprint density at radius 3 is 2.50 bits per heavy atom. The SMILES string of the molecule is C=Cc1cc(-c2ccc(CC(=O)OC)cc2)cc2c1C(=O)CCC2(C)C. The molecule has 3 heteroatoms. The lowest BCUT2D eigenvalue weighted by molar-refractivity contribution is -0.139. The molecule has 26 heavy (non-hydrogen) atoms. The Hall–Kier alpha value is -2.68. The minimum Gasteiger partial charge on any atom is -0.469 e. The second kappa shape index (κ2) is 6.91. The second-order valence-corrected chi connectivity index (χ2v) is 7.45. The molecule has 0 fully saturated rings. The number of esters is 1. The van der Waals surface area contributed by atoms with Gasteiger partial charge >= 0.3 is 5.97 Å². The fourth-order valence-corrected chi connectivity index (χ4v) is 3.58. The smallest absolute Gasteiger partial charge is 0.309 e. The van der Waals surface area contributed by atoms with Gasteiger partial charge in [0, 0.05) is 12.0 Å². The zero-order valence-electron chi connectivity index (χ0n) is 15.6. The Balaban J connectivity index is 2.05. The maximum atomic E-state index is 12.5. The van der Waals surface area contributed by atoms with Crippen LogP contribution in [-0.4, -0.2) is 18.9 Å². The molecule has 2 aromatic rings. The number of ketones is 1. The molecule has 2 aromatic carbocycles. The maximum absolute atomic E-state index is 12.5. The first-order chi connectivity index (χ1) is 12.4. The third-order valence-electron chi connectivity index (χ3n) is 5.24. The molecule has 0 aliphatic heterocycles. The fraction of sp³-hybridized carbons (Fsp3) is 0.304. The lowest BCUT2D eigenvalue weighted by Crippen LogP contribution is -2.28. The molecule has 3 rings (SSSR count). The number of rotatable bonds is 4. The van der Waals surface area contributed by atoms with Crippen LogP contribution in [0.5, 0.6) is 0 Å². The van der Waals surface area contributed by atoms with Gasteiger partial charge in [-0.15, -0.1) is 0 Å². The Labute approximate surface area is 154 Å². The summed E-state index contributed by atoms with van der Waals surface area (Å²) >= 11 is 0. The Morgan fingerprint density at radius 2 is 1.88 bits per heavy atom. The highest BCUT2D eigenvalue weighted by Crippen LogP contribution is 2.41. The van der Waals surface area contributed by atoms with E-state index in [4.69, 9.17) is 4.74 Å². The predicted molar refractivity (Wildman–Crippen MR) is 104 cm³/mol. The molecule has 0 atom stereocenters. The van der Waals surface area contributed by atoms with Gasteiger partial charge in [-0.1, -0.05) is 50.8 Å². The Bertz CT molecular complexity index is 873. The lowest BCUT2D eigenvalue weighted by atomic mass is 9.70. The molecule has 0 unspecified atom stereocenters. The van der Waals surface area contributed by atoms with Crippen LogP contribution in [0, 0.1) is 0 Å². The molecule has 1 aliphatic rings. The summed E-state index contributed by atoms with van der Waals surface area (Å²) in [6.45, 7) is 8.29. The number of hydrogen-bond donors (Lipinski definition) is 0. The van der Waals surface area contributed by atoms with E-state index in [1.807, 2.05) is 30.3 Å². The summed E-state index contributed by atoms with van der Waals surface area (Å²) in [5.41, 5.74) is 5.81. The first-order valence-electron chi connectivity index (χ1n) is 8.86. The fourth-order valence-electron chi connectivity index (χ4n) is 3.58. The van der Waals surface area contributed by atoms with Gasteiger partial charge in [0.2, 0.25) is 0 Å². The number of ether oxygens (including phenoxy) is 1. The van der Waals surface area contributed by atoms with Gasteiger partial charge in [0.1, 0.15) is 0 Å². The van der Waals surface area contributed by atoms with E-state index in [2.05, 4.69) is 26.5 Å². The third-order valence-corrected chi connectivity index (χ3v) is 5.24. The minimum atomic E-state index is -0.249. The maximum Gasteiger partial charge on any atom is 0.309 e. The minimum absolute atomic E-state index is 0.0398. The van der Waals surface area contributed by atoms with Gasteiger partial charge in [-0.25, -0.2) is 0 Å². The summed E-state index contributed by atoms with van der Waals surface area (Å²) < 4.78 is 4.71. The quantitative estimate of drug-likeness (QED) is 0.733. The van der Waals surface area contributed by atoms with Crippen LogP contribution in [-0.2, 0) is 21.4 Å². The molecule has 0 aromatic heterocycles. The van der Waals surface area contributed by atoms with Gasteiger partial charge < -0.3 is 4.74 Å². The molecule has 0 N–H and O–H groups in total. The highest BCUT2D eigenvalue weighted by atomic mass is 16.5. The van der Waals surface area contributed by atoms with E-state index in [-0.39, 0.29) is 23.6 Å². The monoisotopic (exact) mass is 348 g/mol. The molecule has 0 bridgehead atoms. The Kier molecular flexibility index (Phi) is 4.82. The average Bonchev–Trinajstić information content (AvgIpc) is 2.64. The molecular weight excluding hydrogens is 324 g/mol. The number of benzene rings is 2. The van der Waals surface area contributed by atoms with E-state index in [0.29, 0.717) is 6.42 Å². The largest absolute Gasteiger partial charge is 0.469 e. The van der Waals surface area contributed by atoms with Crippen LogP contribution in [0.2, 0.25) is 0 Å². The van der Waals surface area contributed by atoms with E-state index < -0.39 is 0 Å². The van der Waals surface area contributed by atoms with Crippen LogP contribution in [0.1, 0.15) is 53.7 Å². The van der Waals surface area contributed by atoms with Crippen molar-refractivity contribution in [3.8, 4) is 11.1 Å². The van der Waals surface area contributed by atoms with Crippen LogP contribution in [0.15, 0.2) is 43.0 Å². The summed E-state index contributed by atoms with van der Waals surface area (Å²) in [5, 5.41) is 0. The summed E-state index contributed by atoms with van der Waals surface area (Å²) in [6, 6.07) is 12.1. The van der Waals surface area contributed by atoms with E-state index >= 15 is 0 Å². The first-order valence-corrected chi connectivity index (χ1v) is 8.86. The molecule has 3 nitrogen and oxygen atoms in total. The molecule has 0 heterocycles. The van der Waals surface area contributed by atoms with Crippen LogP contribution in [0.4, 0.5) is 0 Å². The molecule has 134 valence electrons. The van der Waals surface area contributed by atoms with E-state index in [9.17, 15) is 9.59 Å². The second-order valence-electron chi connectivity index (χ2n) is 7.45. The predicted octanol–water partition coefficient (Wildman–Crippen LogP) is 4.97. The van der Waals surface area contributed by atoms with Gasteiger partial charge in [0.25, 0.3) is 0 Å². The van der Waals surface area contributed by atoms with Gasteiger partial charge in [0.15, 0.2) is 5.78 Å². The zero-order chi connectivity index (χ0) is 18.9. The van der Waals surface area contributed by atoms with Crippen molar-refractivity contribution in [3.05, 3.63) is 65.2 Å². The van der Waals surface area contributed by atoms with Crippen molar-refractivity contribution in [2.45, 2.75) is 38.5 Å². The first kappa shape index (κ1) is 18.1. The highest BCUT2D eigenvalue weighted by molar-refractivity contribution is 6.03. The lowest BCUT2D eigenvalue weighted by Gasteiger charge is -2.33. The van der Waals surface area contributed by atoms with E-state index in [1.54, 1.807) is 6.08 Å². The summed E-state index contributed by atoms with van der Waals surface area (Å²) in [7, 11) is 1.39. The number of methoxy groups -OCH3 is 1. The summed E-state index contributed by atoms with van der Waals surface area (Å²) in [6.07, 6.45) is 3.48. The molecule has 1 aliphatic carbocycles. The third kappa shape index (κ3) is 3.34. The number of fused-ring (bicyclic) bond motifs is 1. The van der Waals surface area contributed by atoms with Gasteiger partial charge in [-0.2, -0.15) is 0 Å².